The molecule has 0 radical (unpaired) electrons. The highest BCUT2D eigenvalue weighted by molar-refractivity contribution is 5.84. The van der Waals surface area contributed by atoms with Gasteiger partial charge in [-0.1, -0.05) is 36.4 Å². The van der Waals surface area contributed by atoms with Gasteiger partial charge < -0.3 is 19.9 Å². The zero-order valence-electron chi connectivity index (χ0n) is 13.5. The largest absolute Gasteiger partial charge is 0.497 e. The summed E-state index contributed by atoms with van der Waals surface area (Å²) >= 11 is 0. The van der Waals surface area contributed by atoms with Crippen LogP contribution in [0.4, 0.5) is 0 Å². The smallest absolute Gasteiger partial charge is 0.311 e. The molecule has 0 aromatic heterocycles. The summed E-state index contributed by atoms with van der Waals surface area (Å²) in [4.78, 5) is 23.8. The lowest BCUT2D eigenvalue weighted by Crippen LogP contribution is -2.26. The standard InChI is InChI=1S/C18H19NO5/c1-22-14-9-8-13(15(11-14)23-2)10-16(20)24-17(18(19)21)12-6-4-3-5-7-12/h3-9,11,17H,10H2,1-2H3,(H2,19,21)/t17-/m0/s1. The van der Waals surface area contributed by atoms with E-state index in [9.17, 15) is 9.59 Å². The lowest BCUT2D eigenvalue weighted by Gasteiger charge is -2.16. The topological polar surface area (TPSA) is 87.9 Å². The summed E-state index contributed by atoms with van der Waals surface area (Å²) in [6.07, 6.45) is -1.17. The second kappa shape index (κ2) is 8.01. The molecule has 0 saturated heterocycles. The molecule has 6 nitrogen and oxygen atoms in total. The number of rotatable bonds is 7. The first-order valence-corrected chi connectivity index (χ1v) is 7.29. The quantitative estimate of drug-likeness (QED) is 0.785. The van der Waals surface area contributed by atoms with Gasteiger partial charge in [0, 0.05) is 17.2 Å². The fourth-order valence-electron chi connectivity index (χ4n) is 2.24. The molecule has 0 fully saturated rings. The van der Waals surface area contributed by atoms with E-state index in [0.29, 0.717) is 22.6 Å². The fourth-order valence-corrected chi connectivity index (χ4v) is 2.24. The van der Waals surface area contributed by atoms with E-state index in [1.54, 1.807) is 55.6 Å². The molecular formula is C18H19NO5. The highest BCUT2D eigenvalue weighted by Crippen LogP contribution is 2.26. The van der Waals surface area contributed by atoms with Crippen molar-refractivity contribution in [3.8, 4) is 11.5 Å². The van der Waals surface area contributed by atoms with Crippen molar-refractivity contribution in [3.05, 3.63) is 59.7 Å². The SMILES string of the molecule is COc1ccc(CC(=O)O[C@H](C(N)=O)c2ccccc2)c(OC)c1. The predicted molar refractivity (Wildman–Crippen MR) is 87.7 cm³/mol. The lowest BCUT2D eigenvalue weighted by molar-refractivity contribution is -0.154. The van der Waals surface area contributed by atoms with Gasteiger partial charge in [-0.05, 0) is 6.07 Å². The number of ether oxygens (including phenoxy) is 3. The van der Waals surface area contributed by atoms with Crippen LogP contribution in [0.1, 0.15) is 17.2 Å². The normalized spacial score (nSPS) is 11.4. The van der Waals surface area contributed by atoms with E-state index in [1.165, 1.54) is 7.11 Å². The van der Waals surface area contributed by atoms with Crippen LogP contribution in [0.3, 0.4) is 0 Å². The van der Waals surface area contributed by atoms with Crippen LogP contribution in [0, 0.1) is 0 Å². The Kier molecular flexibility index (Phi) is 5.78. The molecule has 0 aliphatic rings. The molecule has 0 heterocycles. The second-order valence-electron chi connectivity index (χ2n) is 5.04. The molecule has 2 N–H and O–H groups in total. The molecule has 2 aromatic rings. The number of nitrogens with two attached hydrogens (primary N) is 1. The van der Waals surface area contributed by atoms with E-state index >= 15 is 0 Å². The molecule has 2 aromatic carbocycles. The van der Waals surface area contributed by atoms with Crippen LogP contribution in [0.15, 0.2) is 48.5 Å². The van der Waals surface area contributed by atoms with Gasteiger partial charge in [-0.3, -0.25) is 9.59 Å². The Balaban J connectivity index is 2.13. The fraction of sp³-hybridized carbons (Fsp3) is 0.222. The first-order valence-electron chi connectivity index (χ1n) is 7.29. The number of esters is 1. The molecule has 126 valence electrons. The minimum atomic E-state index is -1.12. The van der Waals surface area contributed by atoms with Crippen LogP contribution >= 0.6 is 0 Å². The summed E-state index contributed by atoms with van der Waals surface area (Å²) in [6, 6.07) is 13.7. The number of hydrogen-bond acceptors (Lipinski definition) is 5. The van der Waals surface area contributed by atoms with E-state index in [1.807, 2.05) is 0 Å². The molecular weight excluding hydrogens is 310 g/mol. The van der Waals surface area contributed by atoms with Gasteiger partial charge in [-0.2, -0.15) is 0 Å². The first kappa shape index (κ1) is 17.3. The number of carbonyl (C=O) groups is 2. The van der Waals surface area contributed by atoms with Crippen molar-refractivity contribution >= 4 is 11.9 Å². The molecule has 0 unspecified atom stereocenters. The van der Waals surface area contributed by atoms with Gasteiger partial charge in [0.05, 0.1) is 20.6 Å². The van der Waals surface area contributed by atoms with Gasteiger partial charge in [0.15, 0.2) is 0 Å². The predicted octanol–water partition coefficient (Wildman–Crippen LogP) is 2.02. The maximum absolute atomic E-state index is 12.2. The Morgan fingerprint density at radius 2 is 1.75 bits per heavy atom. The number of carbonyl (C=O) groups excluding carboxylic acids is 2. The van der Waals surface area contributed by atoms with Crippen molar-refractivity contribution in [2.45, 2.75) is 12.5 Å². The van der Waals surface area contributed by atoms with Crippen LogP contribution < -0.4 is 15.2 Å². The summed E-state index contributed by atoms with van der Waals surface area (Å²) in [7, 11) is 3.04. The molecule has 0 saturated carbocycles. The van der Waals surface area contributed by atoms with Crippen molar-refractivity contribution in [2.24, 2.45) is 5.73 Å². The van der Waals surface area contributed by atoms with E-state index in [2.05, 4.69) is 0 Å². The number of hydrogen-bond donors (Lipinski definition) is 1. The minimum Gasteiger partial charge on any atom is -0.497 e. The van der Waals surface area contributed by atoms with E-state index in [0.717, 1.165) is 0 Å². The number of primary amides is 1. The first-order chi connectivity index (χ1) is 11.5. The van der Waals surface area contributed by atoms with Gasteiger partial charge in [-0.25, -0.2) is 0 Å². The maximum atomic E-state index is 12.2. The summed E-state index contributed by atoms with van der Waals surface area (Å²) in [6.45, 7) is 0. The van der Waals surface area contributed by atoms with E-state index in [4.69, 9.17) is 19.9 Å². The van der Waals surface area contributed by atoms with Gasteiger partial charge in [0.25, 0.3) is 5.91 Å². The monoisotopic (exact) mass is 329 g/mol. The van der Waals surface area contributed by atoms with Crippen LogP contribution in [0.2, 0.25) is 0 Å². The van der Waals surface area contributed by atoms with Gasteiger partial charge >= 0.3 is 5.97 Å². The Bertz CT molecular complexity index is 715. The molecule has 1 amide bonds. The van der Waals surface area contributed by atoms with Crippen LogP contribution in [-0.2, 0) is 20.7 Å². The van der Waals surface area contributed by atoms with Crippen molar-refractivity contribution < 1.29 is 23.8 Å². The number of amides is 1. The maximum Gasteiger partial charge on any atom is 0.311 e. The number of benzene rings is 2. The Labute approximate surface area is 140 Å². The third kappa shape index (κ3) is 4.25. The minimum absolute atomic E-state index is 0.0518. The molecule has 0 aliphatic carbocycles. The highest BCUT2D eigenvalue weighted by Gasteiger charge is 2.23. The Morgan fingerprint density at radius 3 is 2.33 bits per heavy atom. The van der Waals surface area contributed by atoms with Crippen LogP contribution in [-0.4, -0.2) is 26.1 Å². The average molecular weight is 329 g/mol. The molecule has 0 bridgehead atoms. The van der Waals surface area contributed by atoms with Gasteiger partial charge in [0.1, 0.15) is 11.5 Å². The van der Waals surface area contributed by atoms with Crippen LogP contribution in [0.25, 0.3) is 0 Å². The molecule has 2 rings (SSSR count). The third-order valence-electron chi connectivity index (χ3n) is 3.44. The summed E-state index contributed by atoms with van der Waals surface area (Å²) in [5.41, 5.74) is 6.50. The molecule has 0 spiro atoms. The molecule has 0 aliphatic heterocycles. The lowest BCUT2D eigenvalue weighted by atomic mass is 10.1. The summed E-state index contributed by atoms with van der Waals surface area (Å²) < 4.78 is 15.6. The Morgan fingerprint density at radius 1 is 1.04 bits per heavy atom. The molecule has 1 atom stereocenters. The van der Waals surface area contributed by atoms with Crippen molar-refractivity contribution in [3.63, 3.8) is 0 Å². The summed E-state index contributed by atoms with van der Waals surface area (Å²) in [5, 5.41) is 0. The van der Waals surface area contributed by atoms with Crippen molar-refractivity contribution in [1.29, 1.82) is 0 Å². The Hall–Kier alpha value is -3.02. The van der Waals surface area contributed by atoms with Gasteiger partial charge in [0.2, 0.25) is 6.10 Å². The highest BCUT2D eigenvalue weighted by atomic mass is 16.5. The van der Waals surface area contributed by atoms with Crippen molar-refractivity contribution in [1.82, 2.24) is 0 Å². The van der Waals surface area contributed by atoms with E-state index in [-0.39, 0.29) is 6.42 Å². The molecule has 24 heavy (non-hydrogen) atoms. The van der Waals surface area contributed by atoms with Gasteiger partial charge in [-0.15, -0.1) is 0 Å². The second-order valence-corrected chi connectivity index (χ2v) is 5.04. The van der Waals surface area contributed by atoms with E-state index < -0.39 is 18.0 Å². The average Bonchev–Trinajstić information content (AvgIpc) is 2.60. The zero-order chi connectivity index (χ0) is 17.5. The zero-order valence-corrected chi connectivity index (χ0v) is 13.5. The molecule has 6 heteroatoms. The summed E-state index contributed by atoms with van der Waals surface area (Å²) in [5.74, 6) is -0.188. The third-order valence-corrected chi connectivity index (χ3v) is 3.44. The number of methoxy groups -OCH3 is 2. The van der Waals surface area contributed by atoms with Crippen molar-refractivity contribution in [2.75, 3.05) is 14.2 Å². The van der Waals surface area contributed by atoms with Crippen LogP contribution in [0.5, 0.6) is 11.5 Å².